The maximum Gasteiger partial charge on any atom is 0.266 e. The summed E-state index contributed by atoms with van der Waals surface area (Å²) in [6.07, 6.45) is 3.58. The van der Waals surface area contributed by atoms with E-state index in [0.717, 1.165) is 21.0 Å². The topological polar surface area (TPSA) is 41.9 Å². The van der Waals surface area contributed by atoms with Gasteiger partial charge in [0.15, 0.2) is 5.17 Å². The first-order valence-corrected chi connectivity index (χ1v) is 9.00. The molecular formula is C17H19BrN2O2S. The quantitative estimate of drug-likeness (QED) is 0.532. The summed E-state index contributed by atoms with van der Waals surface area (Å²) in [6, 6.07) is 5.74. The van der Waals surface area contributed by atoms with Gasteiger partial charge in [0, 0.05) is 13.1 Å². The van der Waals surface area contributed by atoms with E-state index in [4.69, 9.17) is 4.74 Å². The van der Waals surface area contributed by atoms with E-state index in [0.29, 0.717) is 24.6 Å². The molecule has 1 aromatic carbocycles. The molecule has 0 bridgehead atoms. The first kappa shape index (κ1) is 17.8. The van der Waals surface area contributed by atoms with Crippen molar-refractivity contribution in [3.8, 4) is 5.75 Å². The average Bonchev–Trinajstić information content (AvgIpc) is 2.82. The van der Waals surface area contributed by atoms with Crippen LogP contribution in [0, 0.1) is 0 Å². The first-order chi connectivity index (χ1) is 11.1. The van der Waals surface area contributed by atoms with E-state index >= 15 is 0 Å². The number of amidine groups is 1. The number of ether oxygens (including phenoxy) is 1. The summed E-state index contributed by atoms with van der Waals surface area (Å²) in [6.45, 7) is 9.30. The molecule has 0 aliphatic carbocycles. The molecule has 0 atom stereocenters. The third-order valence-electron chi connectivity index (χ3n) is 3.11. The number of hydrogen-bond donors (Lipinski definition) is 0. The van der Waals surface area contributed by atoms with Crippen molar-refractivity contribution in [3.05, 3.63) is 45.8 Å². The van der Waals surface area contributed by atoms with E-state index in [1.807, 2.05) is 38.1 Å². The van der Waals surface area contributed by atoms with Crippen molar-refractivity contribution in [2.75, 3.05) is 19.7 Å². The van der Waals surface area contributed by atoms with Crippen LogP contribution in [-0.2, 0) is 4.79 Å². The lowest BCUT2D eigenvalue weighted by atomic mass is 10.2. The van der Waals surface area contributed by atoms with Crippen LogP contribution in [0.25, 0.3) is 6.08 Å². The van der Waals surface area contributed by atoms with Gasteiger partial charge in [-0.3, -0.25) is 14.7 Å². The molecule has 0 unspecified atom stereocenters. The van der Waals surface area contributed by atoms with Crippen molar-refractivity contribution in [2.45, 2.75) is 13.8 Å². The molecule has 1 aliphatic rings. The summed E-state index contributed by atoms with van der Waals surface area (Å²) < 4.78 is 6.38. The van der Waals surface area contributed by atoms with Gasteiger partial charge in [0.25, 0.3) is 5.91 Å². The van der Waals surface area contributed by atoms with Gasteiger partial charge < -0.3 is 4.74 Å². The van der Waals surface area contributed by atoms with Gasteiger partial charge in [-0.15, -0.1) is 0 Å². The highest BCUT2D eigenvalue weighted by Gasteiger charge is 2.31. The standard InChI is InChI=1S/C17H19BrN2O2S/c1-4-9-22-14-8-7-12(10-13(14)18)11-15-16(21)20(6-3)17(23-15)19-5-2/h4,7-8,10-11H,1,5-6,9H2,2-3H3/b15-11+,19-17?. The Morgan fingerprint density at radius 2 is 2.22 bits per heavy atom. The van der Waals surface area contributed by atoms with Crippen LogP contribution in [0.2, 0.25) is 0 Å². The molecule has 0 radical (unpaired) electrons. The minimum absolute atomic E-state index is 0.00723. The lowest BCUT2D eigenvalue weighted by molar-refractivity contribution is -0.122. The van der Waals surface area contributed by atoms with Crippen molar-refractivity contribution in [3.63, 3.8) is 0 Å². The van der Waals surface area contributed by atoms with E-state index in [1.54, 1.807) is 11.0 Å². The van der Waals surface area contributed by atoms with Crippen LogP contribution in [0.5, 0.6) is 5.75 Å². The third kappa shape index (κ3) is 4.26. The van der Waals surface area contributed by atoms with Gasteiger partial charge in [0.2, 0.25) is 0 Å². The van der Waals surface area contributed by atoms with Gasteiger partial charge in [-0.1, -0.05) is 18.7 Å². The van der Waals surface area contributed by atoms with Crippen LogP contribution in [0.3, 0.4) is 0 Å². The maximum absolute atomic E-state index is 12.4. The monoisotopic (exact) mass is 394 g/mol. The number of rotatable bonds is 6. The molecule has 1 aromatic rings. The number of hydrogen-bond acceptors (Lipinski definition) is 4. The highest BCUT2D eigenvalue weighted by molar-refractivity contribution is 9.10. The molecule has 0 saturated carbocycles. The second-order valence-electron chi connectivity index (χ2n) is 4.71. The summed E-state index contributed by atoms with van der Waals surface area (Å²) in [5.74, 6) is 0.758. The van der Waals surface area contributed by atoms with Gasteiger partial charge in [0.1, 0.15) is 12.4 Å². The van der Waals surface area contributed by atoms with Crippen LogP contribution in [0.15, 0.2) is 45.2 Å². The predicted molar refractivity (Wildman–Crippen MR) is 101 cm³/mol. The lowest BCUT2D eigenvalue weighted by Crippen LogP contribution is -2.28. The Morgan fingerprint density at radius 1 is 1.43 bits per heavy atom. The number of halogens is 1. The molecule has 2 rings (SSSR count). The van der Waals surface area contributed by atoms with Gasteiger partial charge in [-0.2, -0.15) is 0 Å². The van der Waals surface area contributed by atoms with Crippen molar-refractivity contribution in [1.29, 1.82) is 0 Å². The molecule has 1 fully saturated rings. The first-order valence-electron chi connectivity index (χ1n) is 7.39. The van der Waals surface area contributed by atoms with E-state index < -0.39 is 0 Å². The molecule has 0 spiro atoms. The molecular weight excluding hydrogens is 376 g/mol. The Bertz CT molecular complexity index is 671. The number of carbonyl (C=O) groups excluding carboxylic acids is 1. The second-order valence-corrected chi connectivity index (χ2v) is 6.57. The van der Waals surface area contributed by atoms with Crippen LogP contribution < -0.4 is 4.74 Å². The van der Waals surface area contributed by atoms with Crippen LogP contribution in [0.1, 0.15) is 19.4 Å². The van der Waals surface area contributed by atoms with Gasteiger partial charge >= 0.3 is 0 Å². The number of carbonyl (C=O) groups is 1. The molecule has 1 saturated heterocycles. The largest absolute Gasteiger partial charge is 0.488 e. The number of benzene rings is 1. The van der Waals surface area contributed by atoms with Crippen LogP contribution >= 0.6 is 27.7 Å². The van der Waals surface area contributed by atoms with E-state index in [9.17, 15) is 4.79 Å². The maximum atomic E-state index is 12.4. The average molecular weight is 395 g/mol. The zero-order chi connectivity index (χ0) is 16.8. The van der Waals surface area contributed by atoms with Crippen LogP contribution in [0.4, 0.5) is 0 Å². The molecule has 4 nitrogen and oxygen atoms in total. The molecule has 0 N–H and O–H groups in total. The number of aliphatic imine (C=N–C) groups is 1. The summed E-state index contributed by atoms with van der Waals surface area (Å²) in [5, 5.41) is 0.774. The fraction of sp³-hybridized carbons (Fsp3) is 0.294. The van der Waals surface area contributed by atoms with Crippen molar-refractivity contribution in [1.82, 2.24) is 4.90 Å². The molecule has 0 aromatic heterocycles. The Kier molecular flexibility index (Phi) is 6.47. The minimum atomic E-state index is 0.00723. The van der Waals surface area contributed by atoms with Crippen molar-refractivity contribution in [2.24, 2.45) is 4.99 Å². The Balaban J connectivity index is 2.25. The highest BCUT2D eigenvalue weighted by Crippen LogP contribution is 2.33. The molecule has 6 heteroatoms. The van der Waals surface area contributed by atoms with Gasteiger partial charge in [-0.05, 0) is 65.3 Å². The summed E-state index contributed by atoms with van der Waals surface area (Å²) in [4.78, 5) is 19.2. The fourth-order valence-corrected chi connectivity index (χ4v) is 3.68. The van der Waals surface area contributed by atoms with Gasteiger partial charge in [-0.25, -0.2) is 0 Å². The predicted octanol–water partition coefficient (Wildman–Crippen LogP) is 4.33. The SMILES string of the molecule is C=CCOc1ccc(/C=C2/SC(=NCC)N(CC)C2=O)cc1Br. The van der Waals surface area contributed by atoms with E-state index in [-0.39, 0.29) is 5.91 Å². The minimum Gasteiger partial charge on any atom is -0.488 e. The molecule has 1 aliphatic heterocycles. The smallest absolute Gasteiger partial charge is 0.266 e. The van der Waals surface area contributed by atoms with Crippen LogP contribution in [-0.4, -0.2) is 35.7 Å². The number of thioether (sulfide) groups is 1. The van der Waals surface area contributed by atoms with Crippen molar-refractivity contribution < 1.29 is 9.53 Å². The zero-order valence-corrected chi connectivity index (χ0v) is 15.6. The summed E-state index contributed by atoms with van der Waals surface area (Å²) in [5.41, 5.74) is 0.937. The second kappa shape index (κ2) is 8.36. The third-order valence-corrected chi connectivity index (χ3v) is 4.77. The molecule has 23 heavy (non-hydrogen) atoms. The van der Waals surface area contributed by atoms with Gasteiger partial charge in [0.05, 0.1) is 9.38 Å². The Labute approximate surface area is 149 Å². The number of likely N-dealkylation sites (N-methyl/N-ethyl adjacent to an activating group) is 1. The fourth-order valence-electron chi connectivity index (χ4n) is 2.06. The molecule has 1 heterocycles. The molecule has 122 valence electrons. The summed E-state index contributed by atoms with van der Waals surface area (Å²) >= 11 is 4.91. The lowest BCUT2D eigenvalue weighted by Gasteiger charge is -2.11. The summed E-state index contributed by atoms with van der Waals surface area (Å²) in [7, 11) is 0. The number of nitrogens with zero attached hydrogens (tertiary/aromatic N) is 2. The zero-order valence-electron chi connectivity index (χ0n) is 13.2. The van der Waals surface area contributed by atoms with E-state index in [2.05, 4.69) is 27.5 Å². The van der Waals surface area contributed by atoms with Crippen molar-refractivity contribution >= 4 is 44.8 Å². The normalized spacial score (nSPS) is 18.0. The number of amides is 1. The Hall–Kier alpha value is -1.53. The Morgan fingerprint density at radius 3 is 2.83 bits per heavy atom. The molecule has 1 amide bonds. The van der Waals surface area contributed by atoms with E-state index in [1.165, 1.54) is 11.8 Å². The highest BCUT2D eigenvalue weighted by atomic mass is 79.9.